The van der Waals surface area contributed by atoms with E-state index >= 15 is 0 Å². The van der Waals surface area contributed by atoms with Gasteiger partial charge in [0.05, 0.1) is 10.6 Å². The van der Waals surface area contributed by atoms with Gasteiger partial charge in [0.25, 0.3) is 5.91 Å². The fraction of sp³-hybridized carbons (Fsp3) is 0.500. The Morgan fingerprint density at radius 1 is 1.37 bits per heavy atom. The fourth-order valence-corrected chi connectivity index (χ4v) is 2.23. The summed E-state index contributed by atoms with van der Waals surface area (Å²) in [6.07, 6.45) is 0.936. The maximum Gasteiger partial charge on any atom is 0.252 e. The normalized spacial score (nSPS) is 10.8. The molecule has 106 valence electrons. The van der Waals surface area contributed by atoms with Crippen molar-refractivity contribution in [3.05, 3.63) is 28.8 Å². The molecule has 1 N–H and O–H groups in total. The summed E-state index contributed by atoms with van der Waals surface area (Å²) in [5.41, 5.74) is 0.483. The Kier molecular flexibility index (Phi) is 7.28. The SMILES string of the molecule is CCN(CC)CCCNC(=O)c1cc(S)ccc1Cl. The van der Waals surface area contributed by atoms with Crippen LogP contribution in [0.4, 0.5) is 0 Å². The van der Waals surface area contributed by atoms with Crippen LogP contribution in [0.15, 0.2) is 23.1 Å². The summed E-state index contributed by atoms with van der Waals surface area (Å²) in [6.45, 7) is 8.01. The van der Waals surface area contributed by atoms with Gasteiger partial charge in [0.1, 0.15) is 0 Å². The van der Waals surface area contributed by atoms with Crippen molar-refractivity contribution in [2.45, 2.75) is 25.2 Å². The lowest BCUT2D eigenvalue weighted by Gasteiger charge is -2.17. The second-order valence-electron chi connectivity index (χ2n) is 4.30. The van der Waals surface area contributed by atoms with E-state index in [2.05, 4.69) is 36.7 Å². The van der Waals surface area contributed by atoms with Gasteiger partial charge < -0.3 is 10.2 Å². The van der Waals surface area contributed by atoms with Gasteiger partial charge in [-0.3, -0.25) is 4.79 Å². The molecule has 0 saturated heterocycles. The minimum absolute atomic E-state index is 0.138. The minimum Gasteiger partial charge on any atom is -0.352 e. The van der Waals surface area contributed by atoms with Crippen LogP contribution in [0.2, 0.25) is 5.02 Å². The van der Waals surface area contributed by atoms with Gasteiger partial charge in [-0.2, -0.15) is 0 Å². The highest BCUT2D eigenvalue weighted by Crippen LogP contribution is 2.19. The second-order valence-corrected chi connectivity index (χ2v) is 5.22. The Balaban J connectivity index is 2.41. The average Bonchev–Trinajstić information content (AvgIpc) is 2.41. The zero-order valence-electron chi connectivity index (χ0n) is 11.4. The highest BCUT2D eigenvalue weighted by atomic mass is 35.5. The summed E-state index contributed by atoms with van der Waals surface area (Å²) in [7, 11) is 0. The summed E-state index contributed by atoms with van der Waals surface area (Å²) in [5.74, 6) is -0.138. The molecule has 0 radical (unpaired) electrons. The summed E-state index contributed by atoms with van der Waals surface area (Å²) >= 11 is 10.2. The number of carbonyl (C=O) groups is 1. The van der Waals surface area contributed by atoms with Crippen LogP contribution in [0, 0.1) is 0 Å². The van der Waals surface area contributed by atoms with Gasteiger partial charge in [-0.25, -0.2) is 0 Å². The second kappa shape index (κ2) is 8.46. The van der Waals surface area contributed by atoms with Gasteiger partial charge >= 0.3 is 0 Å². The molecule has 0 aromatic heterocycles. The molecule has 1 aromatic carbocycles. The first-order chi connectivity index (χ1) is 9.08. The molecular formula is C14H21ClN2OS. The molecule has 19 heavy (non-hydrogen) atoms. The third-order valence-corrected chi connectivity index (χ3v) is 3.63. The van der Waals surface area contributed by atoms with Crippen LogP contribution in [0.1, 0.15) is 30.6 Å². The van der Waals surface area contributed by atoms with E-state index < -0.39 is 0 Å². The molecule has 1 aromatic rings. The van der Waals surface area contributed by atoms with Crippen LogP contribution in [0.25, 0.3) is 0 Å². The first kappa shape index (κ1) is 16.3. The molecule has 0 aliphatic carbocycles. The number of hydrogen-bond acceptors (Lipinski definition) is 3. The highest BCUT2D eigenvalue weighted by molar-refractivity contribution is 7.80. The molecule has 1 amide bonds. The van der Waals surface area contributed by atoms with E-state index in [9.17, 15) is 4.79 Å². The predicted octanol–water partition coefficient (Wildman–Crippen LogP) is 3.09. The van der Waals surface area contributed by atoms with Crippen LogP contribution < -0.4 is 5.32 Å². The van der Waals surface area contributed by atoms with Crippen LogP contribution in [0.5, 0.6) is 0 Å². The first-order valence-electron chi connectivity index (χ1n) is 6.57. The molecule has 0 unspecified atom stereocenters. The van der Waals surface area contributed by atoms with Crippen molar-refractivity contribution in [2.24, 2.45) is 0 Å². The smallest absolute Gasteiger partial charge is 0.252 e. The maximum atomic E-state index is 12.0. The summed E-state index contributed by atoms with van der Waals surface area (Å²) in [6, 6.07) is 5.14. The summed E-state index contributed by atoms with van der Waals surface area (Å²) in [4.78, 5) is 15.0. The average molecular weight is 301 g/mol. The number of rotatable bonds is 7. The van der Waals surface area contributed by atoms with Gasteiger partial charge in [0.2, 0.25) is 0 Å². The van der Waals surface area contributed by atoms with Crippen molar-refractivity contribution in [3.8, 4) is 0 Å². The van der Waals surface area contributed by atoms with Crippen molar-refractivity contribution in [2.75, 3.05) is 26.2 Å². The van der Waals surface area contributed by atoms with Crippen molar-refractivity contribution >= 4 is 30.1 Å². The third kappa shape index (κ3) is 5.43. The molecule has 0 aliphatic heterocycles. The monoisotopic (exact) mass is 300 g/mol. The van der Waals surface area contributed by atoms with Crippen LogP contribution >= 0.6 is 24.2 Å². The zero-order valence-corrected chi connectivity index (χ0v) is 13.1. The lowest BCUT2D eigenvalue weighted by molar-refractivity contribution is 0.0952. The van der Waals surface area contributed by atoms with Crippen molar-refractivity contribution < 1.29 is 4.79 Å². The Hall–Kier alpha value is -0.710. The largest absolute Gasteiger partial charge is 0.352 e. The van der Waals surface area contributed by atoms with Crippen LogP contribution in [-0.4, -0.2) is 37.0 Å². The Bertz CT molecular complexity index is 422. The van der Waals surface area contributed by atoms with Crippen molar-refractivity contribution in [1.29, 1.82) is 0 Å². The molecule has 0 aliphatic rings. The van der Waals surface area contributed by atoms with Crippen molar-refractivity contribution in [3.63, 3.8) is 0 Å². The molecule has 0 fully saturated rings. The van der Waals surface area contributed by atoms with Gasteiger partial charge in [-0.05, 0) is 44.3 Å². The molecule has 3 nitrogen and oxygen atoms in total. The fourth-order valence-electron chi connectivity index (χ4n) is 1.83. The third-order valence-electron chi connectivity index (χ3n) is 3.03. The first-order valence-corrected chi connectivity index (χ1v) is 7.40. The molecule has 0 atom stereocenters. The standard InChI is InChI=1S/C14H21ClN2OS/c1-3-17(4-2)9-5-8-16-14(18)12-10-11(19)6-7-13(12)15/h6-7,10,19H,3-5,8-9H2,1-2H3,(H,16,18). The van der Waals surface area contributed by atoms with E-state index in [4.69, 9.17) is 11.6 Å². The molecule has 0 bridgehead atoms. The summed E-state index contributed by atoms with van der Waals surface area (Å²) < 4.78 is 0. The van der Waals surface area contributed by atoms with E-state index in [0.29, 0.717) is 17.1 Å². The molecule has 5 heteroatoms. The number of benzene rings is 1. The molecule has 0 saturated carbocycles. The van der Waals surface area contributed by atoms with E-state index in [1.807, 2.05) is 0 Å². The summed E-state index contributed by atoms with van der Waals surface area (Å²) in [5, 5.41) is 3.34. The van der Waals surface area contributed by atoms with E-state index in [-0.39, 0.29) is 5.91 Å². The zero-order chi connectivity index (χ0) is 14.3. The van der Waals surface area contributed by atoms with E-state index in [0.717, 1.165) is 31.0 Å². The Morgan fingerprint density at radius 3 is 2.68 bits per heavy atom. The number of nitrogens with one attached hydrogen (secondary N) is 1. The quantitative estimate of drug-likeness (QED) is 0.599. The molecule has 1 rings (SSSR count). The lowest BCUT2D eigenvalue weighted by atomic mass is 10.2. The van der Waals surface area contributed by atoms with Crippen molar-refractivity contribution in [1.82, 2.24) is 10.2 Å². The lowest BCUT2D eigenvalue weighted by Crippen LogP contribution is -2.30. The van der Waals surface area contributed by atoms with Crippen LogP contribution in [-0.2, 0) is 0 Å². The number of amides is 1. The van der Waals surface area contributed by atoms with Gasteiger partial charge in [0.15, 0.2) is 0 Å². The number of halogens is 1. The number of nitrogens with zero attached hydrogens (tertiary/aromatic N) is 1. The predicted molar refractivity (Wildman–Crippen MR) is 83.4 cm³/mol. The molecule has 0 heterocycles. The minimum atomic E-state index is -0.138. The Morgan fingerprint density at radius 2 is 2.05 bits per heavy atom. The number of carbonyl (C=O) groups excluding carboxylic acids is 1. The van der Waals surface area contributed by atoms with Gasteiger partial charge in [0, 0.05) is 11.4 Å². The van der Waals surface area contributed by atoms with Gasteiger partial charge in [-0.1, -0.05) is 25.4 Å². The maximum absolute atomic E-state index is 12.0. The number of thiol groups is 1. The van der Waals surface area contributed by atoms with Crippen LogP contribution in [0.3, 0.4) is 0 Å². The van der Waals surface area contributed by atoms with E-state index in [1.54, 1.807) is 18.2 Å². The number of hydrogen-bond donors (Lipinski definition) is 2. The topological polar surface area (TPSA) is 32.3 Å². The Labute approximate surface area is 125 Å². The van der Waals surface area contributed by atoms with E-state index in [1.165, 1.54) is 0 Å². The molecular weight excluding hydrogens is 280 g/mol. The highest BCUT2D eigenvalue weighted by Gasteiger charge is 2.10. The van der Waals surface area contributed by atoms with Gasteiger partial charge in [-0.15, -0.1) is 12.6 Å². The molecule has 0 spiro atoms.